The molecule has 108 valence electrons. The van der Waals surface area contributed by atoms with Gasteiger partial charge in [0.05, 0.1) is 5.75 Å². The van der Waals surface area contributed by atoms with E-state index < -0.39 is 9.84 Å². The van der Waals surface area contributed by atoms with Gasteiger partial charge in [-0.1, -0.05) is 20.8 Å². The maximum absolute atomic E-state index is 11.3. The monoisotopic (exact) mass is 276 g/mol. The maximum Gasteiger partial charge on any atom is 0.148 e. The maximum atomic E-state index is 11.3. The zero-order valence-corrected chi connectivity index (χ0v) is 13.4. The first kappa shape index (κ1) is 15.9. The summed E-state index contributed by atoms with van der Waals surface area (Å²) in [6, 6.07) is 0.407. The van der Waals surface area contributed by atoms with Crippen LogP contribution in [0.3, 0.4) is 0 Å². The third kappa shape index (κ3) is 4.52. The standard InChI is InChI=1S/C13H28N2O2S/c1-12(2,3)11-9-15(7-8-18(6,16)17)13(4,5)10-14-11/h11,14H,7-10H2,1-6H3. The van der Waals surface area contributed by atoms with Gasteiger partial charge in [0.2, 0.25) is 0 Å². The van der Waals surface area contributed by atoms with Gasteiger partial charge < -0.3 is 5.32 Å². The fraction of sp³-hybridized carbons (Fsp3) is 1.00. The van der Waals surface area contributed by atoms with Gasteiger partial charge in [0.15, 0.2) is 0 Å². The predicted molar refractivity (Wildman–Crippen MR) is 76.6 cm³/mol. The van der Waals surface area contributed by atoms with Crippen LogP contribution in [0.25, 0.3) is 0 Å². The summed E-state index contributed by atoms with van der Waals surface area (Å²) in [6.07, 6.45) is 1.31. The van der Waals surface area contributed by atoms with Crippen LogP contribution in [0.2, 0.25) is 0 Å². The SMILES string of the molecule is CC(C)(C)C1CN(CCS(C)(=O)=O)C(C)(C)CN1. The third-order valence-electron chi connectivity index (χ3n) is 3.82. The van der Waals surface area contributed by atoms with Crippen LogP contribution in [0.4, 0.5) is 0 Å². The smallest absolute Gasteiger partial charge is 0.148 e. The van der Waals surface area contributed by atoms with Crippen molar-refractivity contribution in [1.29, 1.82) is 0 Å². The molecular formula is C13H28N2O2S. The minimum Gasteiger partial charge on any atom is -0.310 e. The molecule has 0 radical (unpaired) electrons. The molecule has 1 unspecified atom stereocenters. The number of nitrogens with one attached hydrogen (secondary N) is 1. The highest BCUT2D eigenvalue weighted by atomic mass is 32.2. The molecule has 1 rings (SSSR count). The molecule has 0 amide bonds. The van der Waals surface area contributed by atoms with E-state index in [1.54, 1.807) is 0 Å². The van der Waals surface area contributed by atoms with Gasteiger partial charge in [0, 0.05) is 37.5 Å². The first-order valence-corrected chi connectivity index (χ1v) is 8.64. The summed E-state index contributed by atoms with van der Waals surface area (Å²) in [5.41, 5.74) is 0.215. The van der Waals surface area contributed by atoms with Crippen molar-refractivity contribution in [3.8, 4) is 0 Å². The van der Waals surface area contributed by atoms with E-state index in [1.807, 2.05) is 0 Å². The number of nitrogens with zero attached hydrogens (tertiary/aromatic N) is 1. The van der Waals surface area contributed by atoms with Crippen molar-refractivity contribution < 1.29 is 8.42 Å². The van der Waals surface area contributed by atoms with Crippen molar-refractivity contribution in [2.45, 2.75) is 46.2 Å². The fourth-order valence-corrected chi connectivity index (χ4v) is 2.82. The Morgan fingerprint density at radius 1 is 1.33 bits per heavy atom. The second-order valence-corrected chi connectivity index (χ2v) is 9.45. The van der Waals surface area contributed by atoms with Crippen LogP contribution in [-0.2, 0) is 9.84 Å². The van der Waals surface area contributed by atoms with E-state index in [2.05, 4.69) is 44.8 Å². The first-order valence-electron chi connectivity index (χ1n) is 6.58. The highest BCUT2D eigenvalue weighted by Gasteiger charge is 2.38. The van der Waals surface area contributed by atoms with Crippen molar-refractivity contribution in [2.24, 2.45) is 5.41 Å². The van der Waals surface area contributed by atoms with Crippen LogP contribution < -0.4 is 5.32 Å². The van der Waals surface area contributed by atoms with Gasteiger partial charge in [-0.25, -0.2) is 8.42 Å². The van der Waals surface area contributed by atoms with Gasteiger partial charge in [-0.3, -0.25) is 4.90 Å². The topological polar surface area (TPSA) is 49.4 Å². The van der Waals surface area contributed by atoms with Crippen molar-refractivity contribution >= 4 is 9.84 Å². The van der Waals surface area contributed by atoms with Gasteiger partial charge in [-0.2, -0.15) is 0 Å². The van der Waals surface area contributed by atoms with E-state index in [1.165, 1.54) is 6.26 Å². The van der Waals surface area contributed by atoms with Gasteiger partial charge in [-0.05, 0) is 19.3 Å². The Balaban J connectivity index is 2.72. The van der Waals surface area contributed by atoms with Crippen LogP contribution in [0, 0.1) is 5.41 Å². The van der Waals surface area contributed by atoms with Gasteiger partial charge in [0.1, 0.15) is 9.84 Å². The summed E-state index contributed by atoms with van der Waals surface area (Å²) < 4.78 is 22.6. The number of hydrogen-bond acceptors (Lipinski definition) is 4. The summed E-state index contributed by atoms with van der Waals surface area (Å²) in [4.78, 5) is 2.31. The van der Waals surface area contributed by atoms with E-state index in [0.29, 0.717) is 12.6 Å². The van der Waals surface area contributed by atoms with E-state index in [0.717, 1.165) is 13.1 Å². The predicted octanol–water partition coefficient (Wildman–Crippen LogP) is 1.13. The van der Waals surface area contributed by atoms with Crippen molar-refractivity contribution in [1.82, 2.24) is 10.2 Å². The Morgan fingerprint density at radius 2 is 1.89 bits per heavy atom. The Kier molecular flexibility index (Phi) is 4.51. The summed E-state index contributed by atoms with van der Waals surface area (Å²) in [7, 11) is -2.89. The highest BCUT2D eigenvalue weighted by molar-refractivity contribution is 7.90. The Labute approximate surface area is 112 Å². The Bertz CT molecular complexity index is 382. The van der Waals surface area contributed by atoms with E-state index in [-0.39, 0.29) is 16.7 Å². The molecule has 1 aliphatic rings. The van der Waals surface area contributed by atoms with Crippen LogP contribution in [0.5, 0.6) is 0 Å². The molecular weight excluding hydrogens is 248 g/mol. The average molecular weight is 276 g/mol. The fourth-order valence-electron chi connectivity index (χ4n) is 2.27. The molecule has 1 heterocycles. The third-order valence-corrected chi connectivity index (χ3v) is 4.74. The molecule has 18 heavy (non-hydrogen) atoms. The van der Waals surface area contributed by atoms with Gasteiger partial charge in [-0.15, -0.1) is 0 Å². The molecule has 1 atom stereocenters. The second-order valence-electron chi connectivity index (χ2n) is 7.19. The van der Waals surface area contributed by atoms with Gasteiger partial charge in [0.25, 0.3) is 0 Å². The summed E-state index contributed by atoms with van der Waals surface area (Å²) >= 11 is 0. The molecule has 1 N–H and O–H groups in total. The van der Waals surface area contributed by atoms with Crippen molar-refractivity contribution in [3.63, 3.8) is 0 Å². The molecule has 0 aromatic rings. The second kappa shape index (κ2) is 5.10. The summed E-state index contributed by atoms with van der Waals surface area (Å²) in [5.74, 6) is 0.243. The van der Waals surface area contributed by atoms with Crippen LogP contribution in [-0.4, -0.2) is 56.5 Å². The normalized spacial score (nSPS) is 26.2. The molecule has 4 nitrogen and oxygen atoms in total. The average Bonchev–Trinajstić information content (AvgIpc) is 2.11. The van der Waals surface area contributed by atoms with Crippen LogP contribution in [0.1, 0.15) is 34.6 Å². The largest absolute Gasteiger partial charge is 0.310 e. The van der Waals surface area contributed by atoms with Crippen LogP contribution in [0.15, 0.2) is 0 Å². The lowest BCUT2D eigenvalue weighted by Crippen LogP contribution is -2.65. The number of rotatable bonds is 3. The lowest BCUT2D eigenvalue weighted by molar-refractivity contribution is 0.0412. The van der Waals surface area contributed by atoms with Crippen LogP contribution >= 0.6 is 0 Å². The van der Waals surface area contributed by atoms with E-state index >= 15 is 0 Å². The number of hydrogen-bond donors (Lipinski definition) is 1. The molecule has 0 aromatic carbocycles. The quantitative estimate of drug-likeness (QED) is 0.839. The van der Waals surface area contributed by atoms with E-state index in [4.69, 9.17) is 0 Å². The van der Waals surface area contributed by atoms with Crippen molar-refractivity contribution in [2.75, 3.05) is 31.6 Å². The molecule has 5 heteroatoms. The number of piperazine rings is 1. The molecule has 0 bridgehead atoms. The Hall–Kier alpha value is -0.130. The minimum atomic E-state index is -2.89. The minimum absolute atomic E-state index is 0.0203. The van der Waals surface area contributed by atoms with E-state index in [9.17, 15) is 8.42 Å². The lowest BCUT2D eigenvalue weighted by atomic mass is 9.83. The number of sulfone groups is 1. The first-order chi connectivity index (χ1) is 7.92. The zero-order valence-electron chi connectivity index (χ0n) is 12.6. The summed E-state index contributed by atoms with van der Waals surface area (Å²) in [6.45, 7) is 13.4. The molecule has 0 saturated carbocycles. The lowest BCUT2D eigenvalue weighted by Gasteiger charge is -2.49. The molecule has 1 aliphatic heterocycles. The zero-order chi connectivity index (χ0) is 14.2. The molecule has 1 saturated heterocycles. The molecule has 0 aliphatic carbocycles. The molecule has 0 aromatic heterocycles. The summed E-state index contributed by atoms with van der Waals surface area (Å²) in [5, 5.41) is 3.59. The van der Waals surface area contributed by atoms with Crippen molar-refractivity contribution in [3.05, 3.63) is 0 Å². The highest BCUT2D eigenvalue weighted by Crippen LogP contribution is 2.27. The Morgan fingerprint density at radius 3 is 2.33 bits per heavy atom. The van der Waals surface area contributed by atoms with Gasteiger partial charge >= 0.3 is 0 Å². The molecule has 0 spiro atoms. The molecule has 1 fully saturated rings.